The number of hydrogen-bond donors (Lipinski definition) is 0. The molecule has 1 saturated heterocycles. The van der Waals surface area contributed by atoms with Gasteiger partial charge in [-0.25, -0.2) is 0 Å². The lowest BCUT2D eigenvalue weighted by molar-refractivity contribution is 0.0658. The molecule has 1 aromatic rings. The lowest BCUT2D eigenvalue weighted by Gasteiger charge is -2.21. The number of nitrogens with zero attached hydrogens (tertiary/aromatic N) is 2. The minimum absolute atomic E-state index is 0.286. The van der Waals surface area contributed by atoms with Gasteiger partial charge < -0.3 is 9.47 Å². The van der Waals surface area contributed by atoms with Crippen molar-refractivity contribution >= 4 is 0 Å². The molecule has 102 valence electrons. The molecule has 1 fully saturated rings. The van der Waals surface area contributed by atoms with Crippen LogP contribution in [0.4, 0.5) is 0 Å². The Labute approximate surface area is 114 Å². The van der Waals surface area contributed by atoms with Crippen molar-refractivity contribution in [1.82, 2.24) is 4.90 Å². The molecule has 0 amide bonds. The molecule has 0 spiro atoms. The summed E-state index contributed by atoms with van der Waals surface area (Å²) in [4.78, 5) is 2.35. The number of para-hydroxylation sites is 1. The van der Waals surface area contributed by atoms with E-state index in [0.717, 1.165) is 32.7 Å². The van der Waals surface area contributed by atoms with E-state index < -0.39 is 0 Å². The third-order valence-corrected chi connectivity index (χ3v) is 3.21. The first-order valence-corrected chi connectivity index (χ1v) is 6.75. The maximum absolute atomic E-state index is 8.98. The molecule has 1 aromatic carbocycles. The first kappa shape index (κ1) is 13.9. The molecule has 1 unspecified atom stereocenters. The molecule has 0 saturated carbocycles. The van der Waals surface area contributed by atoms with Crippen LogP contribution in [0.5, 0.6) is 5.75 Å². The van der Waals surface area contributed by atoms with Crippen molar-refractivity contribution in [1.29, 1.82) is 5.26 Å². The standard InChI is InChI=1S/C15H20N2O2/c1-13-12-17(7-4-9-18-13)8-10-19-15-6-3-2-5-14(15)11-16/h2-3,5-6,13H,4,7-10,12H2,1H3. The van der Waals surface area contributed by atoms with Gasteiger partial charge in [-0.3, -0.25) is 4.90 Å². The predicted octanol–water partition coefficient (Wildman–Crippen LogP) is 2.05. The summed E-state index contributed by atoms with van der Waals surface area (Å²) in [6.07, 6.45) is 1.35. The first-order chi connectivity index (χ1) is 9.29. The summed E-state index contributed by atoms with van der Waals surface area (Å²) >= 11 is 0. The van der Waals surface area contributed by atoms with E-state index in [1.807, 2.05) is 18.2 Å². The summed E-state index contributed by atoms with van der Waals surface area (Å²) in [5.74, 6) is 0.670. The molecular formula is C15H20N2O2. The van der Waals surface area contributed by atoms with E-state index in [1.165, 1.54) is 0 Å². The Kier molecular flexibility index (Phi) is 5.20. The van der Waals surface area contributed by atoms with Gasteiger partial charge in [0.15, 0.2) is 0 Å². The number of ether oxygens (including phenoxy) is 2. The summed E-state index contributed by atoms with van der Waals surface area (Å²) in [6, 6.07) is 9.49. The van der Waals surface area contributed by atoms with Crippen molar-refractivity contribution in [3.63, 3.8) is 0 Å². The van der Waals surface area contributed by atoms with E-state index in [9.17, 15) is 0 Å². The molecule has 4 nitrogen and oxygen atoms in total. The molecule has 1 atom stereocenters. The Morgan fingerprint density at radius 2 is 2.32 bits per heavy atom. The number of nitriles is 1. The van der Waals surface area contributed by atoms with Crippen LogP contribution in [0.2, 0.25) is 0 Å². The molecule has 1 aliphatic rings. The largest absolute Gasteiger partial charge is 0.491 e. The van der Waals surface area contributed by atoms with Crippen LogP contribution in [0.1, 0.15) is 18.9 Å². The highest BCUT2D eigenvalue weighted by atomic mass is 16.5. The van der Waals surface area contributed by atoms with Crippen molar-refractivity contribution in [3.8, 4) is 11.8 Å². The van der Waals surface area contributed by atoms with Gasteiger partial charge in [0.1, 0.15) is 18.4 Å². The maximum Gasteiger partial charge on any atom is 0.137 e. The molecule has 1 aliphatic heterocycles. The zero-order chi connectivity index (χ0) is 13.5. The van der Waals surface area contributed by atoms with E-state index >= 15 is 0 Å². The van der Waals surface area contributed by atoms with Crippen LogP contribution >= 0.6 is 0 Å². The highest BCUT2D eigenvalue weighted by molar-refractivity contribution is 5.42. The van der Waals surface area contributed by atoms with Gasteiger partial charge in [-0.1, -0.05) is 12.1 Å². The zero-order valence-electron chi connectivity index (χ0n) is 11.3. The summed E-state index contributed by atoms with van der Waals surface area (Å²) in [5.41, 5.74) is 0.593. The van der Waals surface area contributed by atoms with E-state index in [1.54, 1.807) is 6.07 Å². The van der Waals surface area contributed by atoms with Crippen LogP contribution < -0.4 is 4.74 Å². The zero-order valence-corrected chi connectivity index (χ0v) is 11.3. The Morgan fingerprint density at radius 1 is 1.47 bits per heavy atom. The Hall–Kier alpha value is -1.57. The minimum atomic E-state index is 0.286. The van der Waals surface area contributed by atoms with E-state index in [4.69, 9.17) is 14.7 Å². The van der Waals surface area contributed by atoms with Crippen LogP contribution in [0.15, 0.2) is 24.3 Å². The molecule has 19 heavy (non-hydrogen) atoms. The third-order valence-electron chi connectivity index (χ3n) is 3.21. The molecular weight excluding hydrogens is 240 g/mol. The molecule has 1 heterocycles. The fourth-order valence-electron chi connectivity index (χ4n) is 2.25. The van der Waals surface area contributed by atoms with Gasteiger partial charge >= 0.3 is 0 Å². The van der Waals surface area contributed by atoms with Crippen molar-refractivity contribution in [2.75, 3.05) is 32.8 Å². The number of rotatable bonds is 4. The lowest BCUT2D eigenvalue weighted by Crippen LogP contribution is -2.33. The Balaban J connectivity index is 1.81. The monoisotopic (exact) mass is 260 g/mol. The minimum Gasteiger partial charge on any atom is -0.491 e. The second-order valence-electron chi connectivity index (χ2n) is 4.79. The topological polar surface area (TPSA) is 45.5 Å². The van der Waals surface area contributed by atoms with Gasteiger partial charge in [0.2, 0.25) is 0 Å². The summed E-state index contributed by atoms with van der Waals surface area (Å²) in [6.45, 7) is 6.41. The quantitative estimate of drug-likeness (QED) is 0.831. The summed E-state index contributed by atoms with van der Waals surface area (Å²) in [5, 5.41) is 8.98. The second kappa shape index (κ2) is 7.13. The van der Waals surface area contributed by atoms with Crippen LogP contribution in [0.25, 0.3) is 0 Å². The van der Waals surface area contributed by atoms with Crippen LogP contribution in [-0.2, 0) is 4.74 Å². The normalized spacial score (nSPS) is 20.5. The van der Waals surface area contributed by atoms with Crippen molar-refractivity contribution in [2.24, 2.45) is 0 Å². The van der Waals surface area contributed by atoms with E-state index in [-0.39, 0.29) is 6.10 Å². The van der Waals surface area contributed by atoms with Crippen molar-refractivity contribution in [3.05, 3.63) is 29.8 Å². The number of hydrogen-bond acceptors (Lipinski definition) is 4. The maximum atomic E-state index is 8.98. The fraction of sp³-hybridized carbons (Fsp3) is 0.533. The Bertz CT molecular complexity index is 442. The summed E-state index contributed by atoms with van der Waals surface area (Å²) < 4.78 is 11.3. The van der Waals surface area contributed by atoms with Gasteiger partial charge in [0.25, 0.3) is 0 Å². The molecule has 0 aromatic heterocycles. The fourth-order valence-corrected chi connectivity index (χ4v) is 2.25. The molecule has 0 radical (unpaired) electrons. The Morgan fingerprint density at radius 3 is 3.16 bits per heavy atom. The average Bonchev–Trinajstić information content (AvgIpc) is 2.64. The first-order valence-electron chi connectivity index (χ1n) is 6.75. The van der Waals surface area contributed by atoms with Gasteiger partial charge in [0, 0.05) is 26.2 Å². The highest BCUT2D eigenvalue weighted by Gasteiger charge is 2.14. The molecule has 4 heteroatoms. The van der Waals surface area contributed by atoms with Crippen molar-refractivity contribution < 1.29 is 9.47 Å². The third kappa shape index (κ3) is 4.23. The van der Waals surface area contributed by atoms with Crippen LogP contribution in [0, 0.1) is 11.3 Å². The smallest absolute Gasteiger partial charge is 0.137 e. The highest BCUT2D eigenvalue weighted by Crippen LogP contribution is 2.16. The summed E-state index contributed by atoms with van der Waals surface area (Å²) in [7, 11) is 0. The van der Waals surface area contributed by atoms with Crippen LogP contribution in [-0.4, -0.2) is 43.9 Å². The molecule has 2 rings (SSSR count). The van der Waals surface area contributed by atoms with E-state index in [0.29, 0.717) is 17.9 Å². The van der Waals surface area contributed by atoms with E-state index in [2.05, 4.69) is 17.9 Å². The van der Waals surface area contributed by atoms with Gasteiger partial charge in [-0.15, -0.1) is 0 Å². The molecule has 0 bridgehead atoms. The van der Waals surface area contributed by atoms with Gasteiger partial charge in [0.05, 0.1) is 11.7 Å². The lowest BCUT2D eigenvalue weighted by atomic mass is 10.2. The van der Waals surface area contributed by atoms with Crippen LogP contribution in [0.3, 0.4) is 0 Å². The SMILES string of the molecule is CC1CN(CCOc2ccccc2C#N)CCCO1. The van der Waals surface area contributed by atoms with Gasteiger partial charge in [-0.05, 0) is 25.5 Å². The van der Waals surface area contributed by atoms with Gasteiger partial charge in [-0.2, -0.15) is 5.26 Å². The average molecular weight is 260 g/mol. The second-order valence-corrected chi connectivity index (χ2v) is 4.79. The molecule has 0 N–H and O–H groups in total. The predicted molar refractivity (Wildman–Crippen MR) is 73.1 cm³/mol. The van der Waals surface area contributed by atoms with Crippen molar-refractivity contribution in [2.45, 2.75) is 19.4 Å². The number of benzene rings is 1. The molecule has 0 aliphatic carbocycles.